The minimum Gasteiger partial charge on any atom is -0.358 e. The van der Waals surface area contributed by atoms with Crippen molar-refractivity contribution in [3.8, 4) is 0 Å². The second kappa shape index (κ2) is 7.65. The van der Waals surface area contributed by atoms with Crippen LogP contribution >= 0.6 is 0 Å². The fourth-order valence-electron chi connectivity index (χ4n) is 3.14. The maximum absolute atomic E-state index is 12.4. The fraction of sp³-hybridized carbons (Fsp3) is 0.562. The average molecular weight is 361 g/mol. The Morgan fingerprint density at radius 1 is 1.27 bits per heavy atom. The van der Waals surface area contributed by atoms with Gasteiger partial charge in [-0.2, -0.15) is 9.78 Å². The van der Waals surface area contributed by atoms with Crippen LogP contribution in [-0.4, -0.2) is 66.4 Å². The predicted octanol–water partition coefficient (Wildman–Crippen LogP) is 0.568. The molecular formula is C16H23N7O3. The van der Waals surface area contributed by atoms with Crippen LogP contribution in [0.1, 0.15) is 17.7 Å². The first-order valence-electron chi connectivity index (χ1n) is 8.59. The van der Waals surface area contributed by atoms with Gasteiger partial charge in [0.15, 0.2) is 0 Å². The number of nitrogens with zero attached hydrogens (tertiary/aromatic N) is 7. The summed E-state index contributed by atoms with van der Waals surface area (Å²) in [7, 11) is 1.92. The number of hydrogen-bond donors (Lipinski definition) is 0. The van der Waals surface area contributed by atoms with E-state index in [0.29, 0.717) is 26.1 Å². The van der Waals surface area contributed by atoms with Gasteiger partial charge in [0.25, 0.3) is 0 Å². The van der Waals surface area contributed by atoms with Crippen molar-refractivity contribution in [2.24, 2.45) is 7.05 Å². The topological polar surface area (TPSA) is 102 Å². The molecule has 0 saturated carbocycles. The van der Waals surface area contributed by atoms with Crippen LogP contribution in [0.3, 0.4) is 0 Å². The van der Waals surface area contributed by atoms with Gasteiger partial charge in [-0.15, -0.1) is 0 Å². The highest BCUT2D eigenvalue weighted by Crippen LogP contribution is 2.12. The van der Waals surface area contributed by atoms with Crippen molar-refractivity contribution < 1.29 is 9.72 Å². The molecule has 0 N–H and O–H groups in total. The Bertz CT molecular complexity index is 790. The molecule has 10 nitrogen and oxygen atoms in total. The molecular weight excluding hydrogens is 338 g/mol. The lowest BCUT2D eigenvalue weighted by molar-refractivity contribution is -0.389. The van der Waals surface area contributed by atoms with Gasteiger partial charge >= 0.3 is 5.82 Å². The first-order chi connectivity index (χ1) is 12.4. The molecule has 10 heteroatoms. The third-order valence-electron chi connectivity index (χ3n) is 4.60. The van der Waals surface area contributed by atoms with E-state index in [1.165, 1.54) is 22.5 Å². The maximum Gasteiger partial charge on any atom is 0.389 e. The van der Waals surface area contributed by atoms with E-state index in [0.717, 1.165) is 25.3 Å². The van der Waals surface area contributed by atoms with Crippen LogP contribution in [0.2, 0.25) is 0 Å². The molecule has 3 rings (SSSR count). The second-order valence-corrected chi connectivity index (χ2v) is 6.51. The molecule has 26 heavy (non-hydrogen) atoms. The molecule has 2 aromatic rings. The molecule has 2 aromatic heterocycles. The number of piperazine rings is 1. The van der Waals surface area contributed by atoms with Crippen molar-refractivity contribution in [3.05, 3.63) is 39.8 Å². The fourth-order valence-corrected chi connectivity index (χ4v) is 3.14. The molecule has 1 aliphatic rings. The van der Waals surface area contributed by atoms with Crippen LogP contribution in [0.4, 0.5) is 5.82 Å². The van der Waals surface area contributed by atoms with E-state index >= 15 is 0 Å². The van der Waals surface area contributed by atoms with E-state index in [4.69, 9.17) is 0 Å². The first-order valence-corrected chi connectivity index (χ1v) is 8.59. The Morgan fingerprint density at radius 2 is 2.00 bits per heavy atom. The zero-order chi connectivity index (χ0) is 18.7. The highest BCUT2D eigenvalue weighted by atomic mass is 16.6. The van der Waals surface area contributed by atoms with Crippen molar-refractivity contribution in [2.75, 3.05) is 26.2 Å². The normalized spacial score (nSPS) is 15.4. The van der Waals surface area contributed by atoms with Crippen LogP contribution < -0.4 is 0 Å². The molecule has 3 heterocycles. The van der Waals surface area contributed by atoms with Crippen LogP contribution in [0.5, 0.6) is 0 Å². The number of carbonyl (C=O) groups is 1. The Labute approximate surface area is 151 Å². The second-order valence-electron chi connectivity index (χ2n) is 6.51. The Hall–Kier alpha value is -2.75. The highest BCUT2D eigenvalue weighted by Gasteiger charge is 2.22. The van der Waals surface area contributed by atoms with E-state index in [1.807, 2.05) is 29.7 Å². The number of nitro groups is 1. The molecule has 1 amide bonds. The molecule has 0 radical (unpaired) electrons. The Balaban J connectivity index is 1.44. The standard InChI is InChI=1S/C16H23N7O3/c1-13-14(11-19(2)17-13)12-20-7-9-21(10-8-20)16(24)4-6-22-5-3-15(18-22)23(25)26/h3,5,11H,4,6-10,12H2,1-2H3. The summed E-state index contributed by atoms with van der Waals surface area (Å²) in [6.07, 6.45) is 3.86. The molecule has 140 valence electrons. The van der Waals surface area contributed by atoms with Crippen LogP contribution in [-0.2, 0) is 24.9 Å². The smallest absolute Gasteiger partial charge is 0.358 e. The Kier molecular flexibility index (Phi) is 5.31. The maximum atomic E-state index is 12.4. The Morgan fingerprint density at radius 3 is 2.58 bits per heavy atom. The van der Waals surface area contributed by atoms with E-state index in [2.05, 4.69) is 15.1 Å². The lowest BCUT2D eigenvalue weighted by Gasteiger charge is -2.34. The van der Waals surface area contributed by atoms with Gasteiger partial charge in [0.1, 0.15) is 0 Å². The van der Waals surface area contributed by atoms with E-state index in [9.17, 15) is 14.9 Å². The predicted molar refractivity (Wildman–Crippen MR) is 93.3 cm³/mol. The quantitative estimate of drug-likeness (QED) is 0.550. The summed E-state index contributed by atoms with van der Waals surface area (Å²) in [5, 5.41) is 18.8. The average Bonchev–Trinajstić information content (AvgIpc) is 3.20. The minimum absolute atomic E-state index is 0.0559. The van der Waals surface area contributed by atoms with Crippen molar-refractivity contribution in [2.45, 2.75) is 26.4 Å². The van der Waals surface area contributed by atoms with Crippen molar-refractivity contribution in [1.29, 1.82) is 0 Å². The van der Waals surface area contributed by atoms with Gasteiger partial charge in [-0.1, -0.05) is 0 Å². The number of rotatable bonds is 6. The van der Waals surface area contributed by atoms with Crippen LogP contribution in [0, 0.1) is 17.0 Å². The van der Waals surface area contributed by atoms with Crippen LogP contribution in [0.15, 0.2) is 18.5 Å². The lowest BCUT2D eigenvalue weighted by Crippen LogP contribution is -2.48. The molecule has 0 aliphatic carbocycles. The van der Waals surface area contributed by atoms with Crippen molar-refractivity contribution in [3.63, 3.8) is 0 Å². The van der Waals surface area contributed by atoms with Gasteiger partial charge in [0.05, 0.1) is 29.6 Å². The molecule has 1 aliphatic heterocycles. The highest BCUT2D eigenvalue weighted by molar-refractivity contribution is 5.76. The SMILES string of the molecule is Cc1nn(C)cc1CN1CCN(C(=O)CCn2ccc([N+](=O)[O-])n2)CC1. The van der Waals surface area contributed by atoms with Gasteiger partial charge < -0.3 is 15.0 Å². The van der Waals surface area contributed by atoms with E-state index in [-0.39, 0.29) is 11.7 Å². The number of aromatic nitrogens is 4. The van der Waals surface area contributed by atoms with E-state index < -0.39 is 4.92 Å². The largest absolute Gasteiger partial charge is 0.389 e. The number of carbonyl (C=O) groups excluding carboxylic acids is 1. The number of hydrogen-bond acceptors (Lipinski definition) is 6. The zero-order valence-corrected chi connectivity index (χ0v) is 15.0. The lowest BCUT2D eigenvalue weighted by atomic mass is 10.2. The minimum atomic E-state index is -0.540. The number of aryl methyl sites for hydroxylation is 3. The van der Waals surface area contributed by atoms with Gasteiger partial charge in [-0.05, 0) is 11.8 Å². The first kappa shape index (κ1) is 18.1. The molecule has 0 spiro atoms. The molecule has 0 aromatic carbocycles. The summed E-state index contributed by atoms with van der Waals surface area (Å²) < 4.78 is 3.27. The van der Waals surface area contributed by atoms with Crippen molar-refractivity contribution in [1.82, 2.24) is 29.4 Å². The van der Waals surface area contributed by atoms with Gasteiger partial charge in [-0.3, -0.25) is 14.4 Å². The molecule has 1 saturated heterocycles. The summed E-state index contributed by atoms with van der Waals surface area (Å²) in [5.41, 5.74) is 2.26. The molecule has 0 atom stereocenters. The summed E-state index contributed by atoms with van der Waals surface area (Å²) in [5.74, 6) is -0.142. The third-order valence-corrected chi connectivity index (χ3v) is 4.60. The molecule has 0 bridgehead atoms. The van der Waals surface area contributed by atoms with Crippen LogP contribution in [0.25, 0.3) is 0 Å². The van der Waals surface area contributed by atoms with Crippen molar-refractivity contribution >= 4 is 11.7 Å². The zero-order valence-electron chi connectivity index (χ0n) is 15.0. The summed E-state index contributed by atoms with van der Waals surface area (Å²) in [6.45, 7) is 6.24. The summed E-state index contributed by atoms with van der Waals surface area (Å²) >= 11 is 0. The monoisotopic (exact) mass is 361 g/mol. The van der Waals surface area contributed by atoms with E-state index in [1.54, 1.807) is 0 Å². The number of amides is 1. The summed E-state index contributed by atoms with van der Waals surface area (Å²) in [6, 6.07) is 1.34. The molecule has 1 fully saturated rings. The molecule has 0 unspecified atom stereocenters. The summed E-state index contributed by atoms with van der Waals surface area (Å²) in [4.78, 5) is 26.6. The van der Waals surface area contributed by atoms with Gasteiger partial charge in [0.2, 0.25) is 5.91 Å². The van der Waals surface area contributed by atoms with Gasteiger partial charge in [-0.25, -0.2) is 0 Å². The third kappa shape index (κ3) is 4.26. The van der Waals surface area contributed by atoms with Gasteiger partial charge in [0, 0.05) is 58.0 Å².